The van der Waals surface area contributed by atoms with E-state index in [1.807, 2.05) is 26.8 Å². The maximum atomic E-state index is 12.5. The topological polar surface area (TPSA) is 45.5 Å². The number of carbonyl (C=O) groups excluding carboxylic acids is 1. The van der Waals surface area contributed by atoms with Crippen LogP contribution in [0.15, 0.2) is 28.7 Å². The lowest BCUT2D eigenvalue weighted by molar-refractivity contribution is 0.0948. The van der Waals surface area contributed by atoms with Gasteiger partial charge in [0, 0.05) is 18.7 Å². The Morgan fingerprint density at radius 3 is 2.21 bits per heavy atom. The Morgan fingerprint density at radius 2 is 1.67 bits per heavy atom. The third-order valence-electron chi connectivity index (χ3n) is 4.63. The first-order chi connectivity index (χ1) is 11.5. The molecule has 1 aromatic carbocycles. The smallest absolute Gasteiger partial charge is 0.255 e. The molecule has 4 heteroatoms. The van der Waals surface area contributed by atoms with Crippen LogP contribution >= 0.6 is 0 Å². The molecule has 0 aliphatic heterocycles. The van der Waals surface area contributed by atoms with Crippen LogP contribution in [0.2, 0.25) is 0 Å². The second-order valence-corrected chi connectivity index (χ2v) is 6.13. The van der Waals surface area contributed by atoms with Gasteiger partial charge in [-0.3, -0.25) is 9.69 Å². The minimum atomic E-state index is -0.0699. The summed E-state index contributed by atoms with van der Waals surface area (Å²) in [5.41, 5.74) is 4.00. The Bertz CT molecular complexity index is 700. The highest BCUT2D eigenvalue weighted by atomic mass is 16.3. The number of aryl methyl sites for hydroxylation is 2. The fraction of sp³-hybridized carbons (Fsp3) is 0.450. The predicted molar refractivity (Wildman–Crippen MR) is 97.2 cm³/mol. The van der Waals surface area contributed by atoms with E-state index >= 15 is 0 Å². The van der Waals surface area contributed by atoms with E-state index in [4.69, 9.17) is 4.42 Å². The molecule has 1 aromatic heterocycles. The molecule has 0 aliphatic rings. The van der Waals surface area contributed by atoms with E-state index in [0.717, 1.165) is 36.5 Å². The summed E-state index contributed by atoms with van der Waals surface area (Å²) in [5.74, 6) is 1.41. The first-order valence-electron chi connectivity index (χ1n) is 8.61. The summed E-state index contributed by atoms with van der Waals surface area (Å²) in [6, 6.07) is 8.29. The molecule has 4 nitrogen and oxygen atoms in total. The van der Waals surface area contributed by atoms with E-state index in [1.165, 1.54) is 5.56 Å². The number of hydrogen-bond donors (Lipinski definition) is 1. The van der Waals surface area contributed by atoms with E-state index in [-0.39, 0.29) is 5.91 Å². The van der Waals surface area contributed by atoms with Crippen LogP contribution in [-0.4, -0.2) is 23.9 Å². The van der Waals surface area contributed by atoms with Crippen molar-refractivity contribution in [3.8, 4) is 0 Å². The number of hydrogen-bond acceptors (Lipinski definition) is 3. The van der Waals surface area contributed by atoms with Crippen molar-refractivity contribution in [2.75, 3.05) is 13.1 Å². The van der Waals surface area contributed by atoms with Gasteiger partial charge in [-0.05, 0) is 45.0 Å². The highest BCUT2D eigenvalue weighted by molar-refractivity contribution is 5.96. The summed E-state index contributed by atoms with van der Waals surface area (Å²) in [6.45, 7) is 13.5. The van der Waals surface area contributed by atoms with Crippen molar-refractivity contribution in [1.29, 1.82) is 0 Å². The van der Waals surface area contributed by atoms with Crippen molar-refractivity contribution < 1.29 is 9.21 Å². The Morgan fingerprint density at radius 1 is 1.04 bits per heavy atom. The SMILES string of the molecule is CCN(CC)Cc1ccccc1CNC(=O)c1c(C)oc(C)c1C. The molecule has 0 fully saturated rings. The van der Waals surface area contributed by atoms with Crippen molar-refractivity contribution in [2.24, 2.45) is 0 Å². The third-order valence-corrected chi connectivity index (χ3v) is 4.63. The summed E-state index contributed by atoms with van der Waals surface area (Å²) < 4.78 is 5.56. The lowest BCUT2D eigenvalue weighted by Gasteiger charge is -2.20. The monoisotopic (exact) mass is 328 g/mol. The average molecular weight is 328 g/mol. The van der Waals surface area contributed by atoms with Gasteiger partial charge in [-0.15, -0.1) is 0 Å². The quantitative estimate of drug-likeness (QED) is 0.836. The van der Waals surface area contributed by atoms with Crippen molar-refractivity contribution in [3.05, 3.63) is 58.0 Å². The van der Waals surface area contributed by atoms with Crippen molar-refractivity contribution in [1.82, 2.24) is 10.2 Å². The predicted octanol–water partition coefficient (Wildman–Crippen LogP) is 3.98. The summed E-state index contributed by atoms with van der Waals surface area (Å²) in [7, 11) is 0. The van der Waals surface area contributed by atoms with Gasteiger partial charge in [-0.25, -0.2) is 0 Å². The van der Waals surface area contributed by atoms with Crippen LogP contribution in [-0.2, 0) is 13.1 Å². The molecule has 0 aliphatic carbocycles. The molecule has 130 valence electrons. The average Bonchev–Trinajstić information content (AvgIpc) is 2.83. The van der Waals surface area contributed by atoms with Gasteiger partial charge in [-0.1, -0.05) is 38.1 Å². The molecule has 0 radical (unpaired) electrons. The molecular weight excluding hydrogens is 300 g/mol. The molecule has 2 aromatic rings. The van der Waals surface area contributed by atoms with Gasteiger partial charge in [-0.2, -0.15) is 0 Å². The number of nitrogens with zero attached hydrogens (tertiary/aromatic N) is 1. The molecule has 0 bridgehead atoms. The fourth-order valence-corrected chi connectivity index (χ4v) is 2.96. The summed E-state index contributed by atoms with van der Waals surface area (Å²) in [4.78, 5) is 14.9. The first kappa shape index (κ1) is 18.3. The molecule has 1 N–H and O–H groups in total. The van der Waals surface area contributed by atoms with Crippen molar-refractivity contribution in [3.63, 3.8) is 0 Å². The van der Waals surface area contributed by atoms with Crippen molar-refractivity contribution >= 4 is 5.91 Å². The molecule has 0 saturated carbocycles. The van der Waals surface area contributed by atoms with Gasteiger partial charge in [0.2, 0.25) is 0 Å². The standard InChI is InChI=1S/C20H28N2O2/c1-6-22(7-2)13-18-11-9-8-10-17(18)12-21-20(23)19-14(3)15(4)24-16(19)5/h8-11H,6-7,12-13H2,1-5H3,(H,21,23). The third kappa shape index (κ3) is 4.06. The summed E-state index contributed by atoms with van der Waals surface area (Å²) in [6.07, 6.45) is 0. The Hall–Kier alpha value is -2.07. The summed E-state index contributed by atoms with van der Waals surface area (Å²) in [5, 5.41) is 3.04. The zero-order valence-corrected chi connectivity index (χ0v) is 15.4. The number of furan rings is 1. The largest absolute Gasteiger partial charge is 0.466 e. The number of benzene rings is 1. The molecule has 0 unspecified atom stereocenters. The normalized spacial score (nSPS) is 11.1. The molecule has 0 atom stereocenters. The van der Waals surface area contributed by atoms with E-state index in [9.17, 15) is 4.79 Å². The second-order valence-electron chi connectivity index (χ2n) is 6.13. The molecule has 24 heavy (non-hydrogen) atoms. The fourth-order valence-electron chi connectivity index (χ4n) is 2.96. The molecule has 0 saturated heterocycles. The second kappa shape index (κ2) is 8.15. The number of carbonyl (C=O) groups is 1. The van der Waals surface area contributed by atoms with E-state index in [2.05, 4.69) is 42.3 Å². The first-order valence-corrected chi connectivity index (χ1v) is 8.61. The van der Waals surface area contributed by atoms with Gasteiger partial charge < -0.3 is 9.73 Å². The van der Waals surface area contributed by atoms with Crippen LogP contribution in [0, 0.1) is 20.8 Å². The van der Waals surface area contributed by atoms with E-state index in [0.29, 0.717) is 17.9 Å². The lowest BCUT2D eigenvalue weighted by atomic mass is 10.1. The molecule has 0 spiro atoms. The number of amides is 1. The maximum absolute atomic E-state index is 12.5. The van der Waals surface area contributed by atoms with Crippen molar-refractivity contribution in [2.45, 2.75) is 47.7 Å². The Balaban J connectivity index is 2.10. The zero-order chi connectivity index (χ0) is 17.7. The van der Waals surface area contributed by atoms with Crippen LogP contribution < -0.4 is 5.32 Å². The molecule has 2 rings (SSSR count). The van der Waals surface area contributed by atoms with Gasteiger partial charge in [0.25, 0.3) is 5.91 Å². The van der Waals surface area contributed by atoms with Crippen LogP contribution in [0.5, 0.6) is 0 Å². The van der Waals surface area contributed by atoms with E-state index < -0.39 is 0 Å². The van der Waals surface area contributed by atoms with Gasteiger partial charge in [0.05, 0.1) is 5.56 Å². The molecule has 1 amide bonds. The minimum Gasteiger partial charge on any atom is -0.466 e. The number of rotatable bonds is 7. The lowest BCUT2D eigenvalue weighted by Crippen LogP contribution is -2.26. The highest BCUT2D eigenvalue weighted by Crippen LogP contribution is 2.20. The van der Waals surface area contributed by atoms with Crippen LogP contribution in [0.1, 0.15) is 52.4 Å². The van der Waals surface area contributed by atoms with Crippen LogP contribution in [0.4, 0.5) is 0 Å². The highest BCUT2D eigenvalue weighted by Gasteiger charge is 2.18. The maximum Gasteiger partial charge on any atom is 0.255 e. The van der Waals surface area contributed by atoms with Crippen LogP contribution in [0.3, 0.4) is 0 Å². The van der Waals surface area contributed by atoms with Gasteiger partial charge in [0.1, 0.15) is 11.5 Å². The molecule has 1 heterocycles. The van der Waals surface area contributed by atoms with E-state index in [1.54, 1.807) is 0 Å². The molecular formula is C20H28N2O2. The Labute approximate surface area is 144 Å². The zero-order valence-electron chi connectivity index (χ0n) is 15.4. The number of nitrogens with one attached hydrogen (secondary N) is 1. The van der Waals surface area contributed by atoms with Crippen LogP contribution in [0.25, 0.3) is 0 Å². The Kier molecular flexibility index (Phi) is 6.21. The van der Waals surface area contributed by atoms with Gasteiger partial charge in [0.15, 0.2) is 0 Å². The summed E-state index contributed by atoms with van der Waals surface area (Å²) >= 11 is 0. The minimum absolute atomic E-state index is 0.0699. The van der Waals surface area contributed by atoms with Gasteiger partial charge >= 0.3 is 0 Å².